The fraction of sp³-hybridized carbons (Fsp3) is 0.263. The van der Waals surface area contributed by atoms with Gasteiger partial charge in [-0.15, -0.1) is 11.8 Å². The first-order valence-corrected chi connectivity index (χ1v) is 9.36. The van der Waals surface area contributed by atoms with Gasteiger partial charge in [-0.05, 0) is 49.2 Å². The Bertz CT molecular complexity index is 842. The Morgan fingerprint density at radius 1 is 1.15 bits per heavy atom. The molecule has 0 aliphatic heterocycles. The Morgan fingerprint density at radius 3 is 2.54 bits per heavy atom. The van der Waals surface area contributed by atoms with Gasteiger partial charge in [0, 0.05) is 16.7 Å². The number of carbonyl (C=O) groups excluding carboxylic acids is 2. The molecule has 2 aromatic carbocycles. The van der Waals surface area contributed by atoms with E-state index in [9.17, 15) is 14.0 Å². The van der Waals surface area contributed by atoms with Gasteiger partial charge in [0.05, 0.1) is 24.3 Å². The number of aryl methyl sites for hydroxylation is 2. The van der Waals surface area contributed by atoms with Gasteiger partial charge in [-0.2, -0.15) is 0 Å². The molecule has 2 aromatic rings. The molecule has 0 bridgehead atoms. The van der Waals surface area contributed by atoms with Crippen molar-refractivity contribution in [2.24, 2.45) is 0 Å². The van der Waals surface area contributed by atoms with Crippen LogP contribution in [0.2, 0.25) is 5.02 Å². The minimum absolute atomic E-state index is 0.108. The number of ether oxygens (including phenoxy) is 1. The van der Waals surface area contributed by atoms with Crippen molar-refractivity contribution >= 4 is 40.7 Å². The number of benzene rings is 2. The molecule has 0 spiro atoms. The van der Waals surface area contributed by atoms with E-state index in [1.54, 1.807) is 19.1 Å². The summed E-state index contributed by atoms with van der Waals surface area (Å²) in [5, 5.41) is 3.31. The molecule has 0 aromatic heterocycles. The largest absolute Gasteiger partial charge is 0.495 e. The maximum atomic E-state index is 13.3. The van der Waals surface area contributed by atoms with Crippen LogP contribution in [0.25, 0.3) is 0 Å². The van der Waals surface area contributed by atoms with Gasteiger partial charge in [-0.25, -0.2) is 4.39 Å². The molecule has 0 unspecified atom stereocenters. The smallest absolute Gasteiger partial charge is 0.234 e. The summed E-state index contributed by atoms with van der Waals surface area (Å²) in [5.41, 5.74) is 2.20. The van der Waals surface area contributed by atoms with Crippen LogP contribution in [0.3, 0.4) is 0 Å². The molecule has 2 rings (SSSR count). The summed E-state index contributed by atoms with van der Waals surface area (Å²) in [6.07, 6.45) is 0. The van der Waals surface area contributed by atoms with Gasteiger partial charge in [0.2, 0.25) is 5.91 Å². The van der Waals surface area contributed by atoms with Gasteiger partial charge >= 0.3 is 0 Å². The zero-order valence-corrected chi connectivity index (χ0v) is 16.3. The number of Topliss-reactive ketones (excluding diaryl/α,β-unsaturated/α-hetero) is 1. The number of halogens is 2. The third kappa shape index (κ3) is 5.22. The number of carbonyl (C=O) groups is 2. The van der Waals surface area contributed by atoms with Crippen molar-refractivity contribution in [3.63, 3.8) is 0 Å². The van der Waals surface area contributed by atoms with E-state index in [0.717, 1.165) is 5.56 Å². The SMILES string of the molecule is COc1cc(Cl)c(C)cc1NC(=O)CSCC(=O)c1ccc(F)c(C)c1. The third-order valence-electron chi connectivity index (χ3n) is 3.70. The fourth-order valence-corrected chi connectivity index (χ4v) is 3.12. The number of anilines is 1. The monoisotopic (exact) mass is 395 g/mol. The number of hydrogen-bond acceptors (Lipinski definition) is 4. The normalized spacial score (nSPS) is 10.5. The van der Waals surface area contributed by atoms with E-state index in [4.69, 9.17) is 16.3 Å². The maximum Gasteiger partial charge on any atom is 0.234 e. The summed E-state index contributed by atoms with van der Waals surface area (Å²) in [7, 11) is 1.49. The molecule has 0 aliphatic rings. The Labute approximate surface area is 161 Å². The molecule has 26 heavy (non-hydrogen) atoms. The number of methoxy groups -OCH3 is 1. The van der Waals surface area contributed by atoms with Gasteiger partial charge in [0.15, 0.2) is 5.78 Å². The van der Waals surface area contributed by atoms with Gasteiger partial charge in [0.25, 0.3) is 0 Å². The van der Waals surface area contributed by atoms with E-state index in [2.05, 4.69) is 5.32 Å². The first-order valence-electron chi connectivity index (χ1n) is 7.83. The number of ketones is 1. The molecule has 138 valence electrons. The highest BCUT2D eigenvalue weighted by Crippen LogP contribution is 2.31. The Kier molecular flexibility index (Phi) is 7.06. The first kappa shape index (κ1) is 20.3. The number of rotatable bonds is 7. The lowest BCUT2D eigenvalue weighted by atomic mass is 10.1. The van der Waals surface area contributed by atoms with Crippen molar-refractivity contribution in [1.82, 2.24) is 0 Å². The van der Waals surface area contributed by atoms with Gasteiger partial charge in [-0.1, -0.05) is 11.6 Å². The fourth-order valence-electron chi connectivity index (χ4n) is 2.25. The van der Waals surface area contributed by atoms with Gasteiger partial charge in [-0.3, -0.25) is 9.59 Å². The van der Waals surface area contributed by atoms with E-state index in [-0.39, 0.29) is 29.0 Å². The van der Waals surface area contributed by atoms with Crippen molar-refractivity contribution in [3.8, 4) is 5.75 Å². The topological polar surface area (TPSA) is 55.4 Å². The molecule has 4 nitrogen and oxygen atoms in total. The summed E-state index contributed by atoms with van der Waals surface area (Å²) in [6, 6.07) is 7.61. The zero-order valence-electron chi connectivity index (χ0n) is 14.7. The number of amides is 1. The molecular weight excluding hydrogens is 377 g/mol. The van der Waals surface area contributed by atoms with Crippen LogP contribution >= 0.6 is 23.4 Å². The molecule has 0 radical (unpaired) electrons. The summed E-state index contributed by atoms with van der Waals surface area (Å²) >= 11 is 7.23. The van der Waals surface area contributed by atoms with Crippen molar-refractivity contribution in [2.75, 3.05) is 23.9 Å². The van der Waals surface area contributed by atoms with Gasteiger partial charge < -0.3 is 10.1 Å². The maximum absolute atomic E-state index is 13.3. The number of nitrogens with one attached hydrogen (secondary N) is 1. The third-order valence-corrected chi connectivity index (χ3v) is 5.04. The average molecular weight is 396 g/mol. The van der Waals surface area contributed by atoms with Crippen LogP contribution in [-0.2, 0) is 4.79 Å². The number of thioether (sulfide) groups is 1. The van der Waals surface area contributed by atoms with E-state index < -0.39 is 0 Å². The second kappa shape index (κ2) is 9.05. The van der Waals surface area contributed by atoms with Crippen molar-refractivity contribution < 1.29 is 18.7 Å². The standard InChI is InChI=1S/C19H19ClFNO3S/c1-11-7-16(18(25-3)8-14(11)20)22-19(24)10-26-9-17(23)13-4-5-15(21)12(2)6-13/h4-8H,9-10H2,1-3H3,(H,22,24). The molecule has 1 amide bonds. The molecule has 0 heterocycles. The van der Waals surface area contributed by atoms with Crippen LogP contribution in [-0.4, -0.2) is 30.3 Å². The summed E-state index contributed by atoms with van der Waals surface area (Å²) < 4.78 is 18.5. The Hall–Kier alpha value is -2.05. The van der Waals surface area contributed by atoms with E-state index in [1.807, 2.05) is 6.92 Å². The zero-order chi connectivity index (χ0) is 19.3. The predicted molar refractivity (Wildman–Crippen MR) is 104 cm³/mol. The minimum atomic E-state index is -0.346. The van der Waals surface area contributed by atoms with Crippen LogP contribution in [0.5, 0.6) is 5.75 Å². The van der Waals surface area contributed by atoms with Crippen LogP contribution in [0, 0.1) is 19.7 Å². The van der Waals surface area contributed by atoms with Crippen molar-refractivity contribution in [1.29, 1.82) is 0 Å². The van der Waals surface area contributed by atoms with Crippen molar-refractivity contribution in [3.05, 3.63) is 57.9 Å². The minimum Gasteiger partial charge on any atom is -0.495 e. The highest BCUT2D eigenvalue weighted by atomic mass is 35.5. The summed E-state index contributed by atoms with van der Waals surface area (Å²) in [4.78, 5) is 24.2. The average Bonchev–Trinajstić information content (AvgIpc) is 2.60. The summed E-state index contributed by atoms with van der Waals surface area (Å²) in [5.74, 6) is -0.0343. The second-order valence-electron chi connectivity index (χ2n) is 5.73. The van der Waals surface area contributed by atoms with E-state index in [0.29, 0.717) is 27.6 Å². The van der Waals surface area contributed by atoms with Crippen LogP contribution in [0.15, 0.2) is 30.3 Å². The predicted octanol–water partition coefficient (Wildman–Crippen LogP) is 4.66. The lowest BCUT2D eigenvalue weighted by molar-refractivity contribution is -0.113. The molecule has 0 fully saturated rings. The Balaban J connectivity index is 1.90. The number of hydrogen-bond donors (Lipinski definition) is 1. The van der Waals surface area contributed by atoms with Gasteiger partial charge in [0.1, 0.15) is 11.6 Å². The molecule has 0 atom stereocenters. The first-order chi connectivity index (χ1) is 12.3. The Morgan fingerprint density at radius 2 is 1.88 bits per heavy atom. The lowest BCUT2D eigenvalue weighted by Crippen LogP contribution is -2.16. The molecule has 0 saturated heterocycles. The van der Waals surface area contributed by atoms with Crippen molar-refractivity contribution in [2.45, 2.75) is 13.8 Å². The molecule has 0 aliphatic carbocycles. The van der Waals surface area contributed by atoms with Crippen LogP contribution < -0.4 is 10.1 Å². The van der Waals surface area contributed by atoms with E-state index in [1.165, 1.54) is 37.1 Å². The molecule has 7 heteroatoms. The van der Waals surface area contributed by atoms with E-state index >= 15 is 0 Å². The summed E-state index contributed by atoms with van der Waals surface area (Å²) in [6.45, 7) is 3.43. The van der Waals surface area contributed by atoms with Crippen LogP contribution in [0.1, 0.15) is 21.5 Å². The quantitative estimate of drug-likeness (QED) is 0.693. The molecule has 1 N–H and O–H groups in total. The second-order valence-corrected chi connectivity index (χ2v) is 7.12. The molecular formula is C19H19ClFNO3S. The lowest BCUT2D eigenvalue weighted by Gasteiger charge is -2.12. The molecule has 0 saturated carbocycles. The highest BCUT2D eigenvalue weighted by Gasteiger charge is 2.12. The van der Waals surface area contributed by atoms with Crippen LogP contribution in [0.4, 0.5) is 10.1 Å². The highest BCUT2D eigenvalue weighted by molar-refractivity contribution is 8.00.